The summed E-state index contributed by atoms with van der Waals surface area (Å²) in [4.78, 5) is 23.8. The standard InChI is InChI=1S/C38H66O6/c1-3-5-6-7-8-9-10-16-19-22-25-28-31-37(41)43-33-36(40)34-44-38(42)32-29-26-23-20-17-14-12-11-13-15-18-21-24-27-30-35(39)4-2/h12-15,20-21,23-24,35-36,39-40H,3-11,16-19,22,25-34H2,1-2H3/b14-12-,15-13-,23-20-,24-21-/t35-,36-/m0/s1. The molecule has 6 heteroatoms. The molecule has 0 aliphatic rings. The smallest absolute Gasteiger partial charge is 0.305 e. The van der Waals surface area contributed by atoms with Crippen molar-refractivity contribution in [2.24, 2.45) is 0 Å². The zero-order chi connectivity index (χ0) is 32.4. The summed E-state index contributed by atoms with van der Waals surface area (Å²) >= 11 is 0. The highest BCUT2D eigenvalue weighted by Crippen LogP contribution is 2.13. The number of aliphatic hydroxyl groups is 2. The van der Waals surface area contributed by atoms with Gasteiger partial charge in [-0.2, -0.15) is 0 Å². The zero-order valence-electron chi connectivity index (χ0n) is 28.3. The lowest BCUT2D eigenvalue weighted by Crippen LogP contribution is -2.25. The maximum atomic E-state index is 11.9. The molecule has 0 aromatic carbocycles. The predicted molar refractivity (Wildman–Crippen MR) is 183 cm³/mol. The maximum absolute atomic E-state index is 11.9. The fourth-order valence-electron chi connectivity index (χ4n) is 4.59. The average Bonchev–Trinajstić information content (AvgIpc) is 3.02. The van der Waals surface area contributed by atoms with E-state index in [2.05, 4.69) is 55.5 Å². The Morgan fingerprint density at radius 2 is 0.932 bits per heavy atom. The first-order valence-electron chi connectivity index (χ1n) is 17.8. The topological polar surface area (TPSA) is 93.1 Å². The highest BCUT2D eigenvalue weighted by Gasteiger charge is 2.12. The van der Waals surface area contributed by atoms with Crippen LogP contribution in [0.3, 0.4) is 0 Å². The van der Waals surface area contributed by atoms with Gasteiger partial charge in [-0.15, -0.1) is 0 Å². The third-order valence-electron chi connectivity index (χ3n) is 7.48. The Hall–Kier alpha value is -2.18. The van der Waals surface area contributed by atoms with Crippen LogP contribution in [0.25, 0.3) is 0 Å². The van der Waals surface area contributed by atoms with Gasteiger partial charge < -0.3 is 19.7 Å². The summed E-state index contributed by atoms with van der Waals surface area (Å²) in [6.07, 6.45) is 38.2. The van der Waals surface area contributed by atoms with Gasteiger partial charge in [-0.25, -0.2) is 0 Å². The van der Waals surface area contributed by atoms with E-state index in [4.69, 9.17) is 9.47 Å². The van der Waals surface area contributed by atoms with Gasteiger partial charge >= 0.3 is 11.9 Å². The minimum Gasteiger partial charge on any atom is -0.463 e. The molecule has 254 valence electrons. The fourth-order valence-corrected chi connectivity index (χ4v) is 4.59. The third-order valence-corrected chi connectivity index (χ3v) is 7.48. The second-order valence-electron chi connectivity index (χ2n) is 11.8. The number of ether oxygens (including phenoxy) is 2. The van der Waals surface area contributed by atoms with E-state index >= 15 is 0 Å². The highest BCUT2D eigenvalue weighted by molar-refractivity contribution is 5.69. The monoisotopic (exact) mass is 618 g/mol. The van der Waals surface area contributed by atoms with Crippen LogP contribution in [-0.2, 0) is 19.1 Å². The molecule has 44 heavy (non-hydrogen) atoms. The van der Waals surface area contributed by atoms with Gasteiger partial charge in [-0.3, -0.25) is 9.59 Å². The molecule has 0 heterocycles. The molecule has 0 bridgehead atoms. The van der Waals surface area contributed by atoms with Crippen LogP contribution in [0.1, 0.15) is 155 Å². The van der Waals surface area contributed by atoms with Gasteiger partial charge in [0.1, 0.15) is 19.3 Å². The molecule has 0 saturated heterocycles. The van der Waals surface area contributed by atoms with Crippen molar-refractivity contribution >= 4 is 11.9 Å². The van der Waals surface area contributed by atoms with Crippen molar-refractivity contribution in [3.63, 3.8) is 0 Å². The summed E-state index contributed by atoms with van der Waals surface area (Å²) in [6.45, 7) is 3.95. The second-order valence-corrected chi connectivity index (χ2v) is 11.8. The lowest BCUT2D eigenvalue weighted by molar-refractivity contribution is -0.152. The third kappa shape index (κ3) is 32.7. The molecule has 0 aliphatic heterocycles. The maximum Gasteiger partial charge on any atom is 0.305 e. The molecule has 0 aliphatic carbocycles. The number of hydrogen-bond donors (Lipinski definition) is 2. The van der Waals surface area contributed by atoms with Crippen LogP contribution >= 0.6 is 0 Å². The van der Waals surface area contributed by atoms with Gasteiger partial charge in [0.25, 0.3) is 0 Å². The summed E-state index contributed by atoms with van der Waals surface area (Å²) in [5, 5.41) is 19.5. The molecule has 0 radical (unpaired) electrons. The van der Waals surface area contributed by atoms with Crippen LogP contribution in [0.2, 0.25) is 0 Å². The molecule has 0 aromatic rings. The molecule has 0 spiro atoms. The van der Waals surface area contributed by atoms with E-state index in [1.807, 2.05) is 6.92 Å². The Bertz CT molecular complexity index is 769. The molecule has 0 unspecified atom stereocenters. The summed E-state index contributed by atoms with van der Waals surface area (Å²) < 4.78 is 10.2. The number of carbonyl (C=O) groups is 2. The normalized spacial score (nSPS) is 13.5. The van der Waals surface area contributed by atoms with E-state index < -0.39 is 6.10 Å². The van der Waals surface area contributed by atoms with Crippen molar-refractivity contribution in [2.75, 3.05) is 13.2 Å². The lowest BCUT2D eigenvalue weighted by atomic mass is 10.0. The van der Waals surface area contributed by atoms with E-state index in [-0.39, 0.29) is 31.3 Å². The summed E-state index contributed by atoms with van der Waals surface area (Å²) in [5.74, 6) is -0.648. The van der Waals surface area contributed by atoms with Gasteiger partial charge in [-0.1, -0.05) is 133 Å². The van der Waals surface area contributed by atoms with Crippen LogP contribution in [0.5, 0.6) is 0 Å². The zero-order valence-corrected chi connectivity index (χ0v) is 28.3. The second kappa shape index (κ2) is 33.7. The van der Waals surface area contributed by atoms with E-state index in [0.29, 0.717) is 19.3 Å². The minimum absolute atomic E-state index is 0.141. The fraction of sp³-hybridized carbons (Fsp3) is 0.737. The van der Waals surface area contributed by atoms with Crippen LogP contribution in [0, 0.1) is 0 Å². The van der Waals surface area contributed by atoms with Crippen LogP contribution < -0.4 is 0 Å². The molecule has 2 atom stereocenters. The Kier molecular flexibility index (Phi) is 32.0. The number of unbranched alkanes of at least 4 members (excludes halogenated alkanes) is 12. The molecular weight excluding hydrogens is 552 g/mol. The molecule has 0 amide bonds. The average molecular weight is 619 g/mol. The summed E-state index contributed by atoms with van der Waals surface area (Å²) in [6, 6.07) is 0. The Morgan fingerprint density at radius 3 is 1.41 bits per heavy atom. The first-order chi connectivity index (χ1) is 21.5. The van der Waals surface area contributed by atoms with Gasteiger partial charge in [0.05, 0.1) is 6.10 Å². The Labute approximate surface area is 270 Å². The molecule has 0 fully saturated rings. The van der Waals surface area contributed by atoms with E-state index in [9.17, 15) is 19.8 Å². The Morgan fingerprint density at radius 1 is 0.523 bits per heavy atom. The number of rotatable bonds is 31. The molecule has 2 N–H and O–H groups in total. The van der Waals surface area contributed by atoms with Crippen LogP contribution in [0.4, 0.5) is 0 Å². The van der Waals surface area contributed by atoms with Gasteiger partial charge in [-0.05, 0) is 57.8 Å². The first-order valence-corrected chi connectivity index (χ1v) is 17.8. The van der Waals surface area contributed by atoms with Gasteiger partial charge in [0, 0.05) is 12.8 Å². The number of allylic oxidation sites excluding steroid dienone is 8. The first kappa shape index (κ1) is 41.8. The van der Waals surface area contributed by atoms with Gasteiger partial charge in [0.2, 0.25) is 0 Å². The largest absolute Gasteiger partial charge is 0.463 e. The molecule has 0 aromatic heterocycles. The highest BCUT2D eigenvalue weighted by atomic mass is 16.6. The van der Waals surface area contributed by atoms with Crippen LogP contribution in [-0.4, -0.2) is 47.6 Å². The SMILES string of the molecule is CCCCCCCCCCCCCCC(=O)OC[C@H](O)COC(=O)CCC/C=C\C/C=C\C/C=C\C/C=C\CC[C@@H](O)CC. The van der Waals surface area contributed by atoms with E-state index in [0.717, 1.165) is 64.2 Å². The van der Waals surface area contributed by atoms with Crippen molar-refractivity contribution in [1.29, 1.82) is 0 Å². The number of esters is 2. The van der Waals surface area contributed by atoms with E-state index in [1.165, 1.54) is 57.8 Å². The Balaban J connectivity index is 3.58. The minimum atomic E-state index is -0.992. The van der Waals surface area contributed by atoms with Crippen molar-refractivity contribution in [2.45, 2.75) is 167 Å². The van der Waals surface area contributed by atoms with Gasteiger partial charge in [0.15, 0.2) is 0 Å². The lowest BCUT2D eigenvalue weighted by Gasteiger charge is -2.12. The number of hydrogen-bond acceptors (Lipinski definition) is 6. The quantitative estimate of drug-likeness (QED) is 0.0456. The van der Waals surface area contributed by atoms with Crippen molar-refractivity contribution in [3.8, 4) is 0 Å². The molecule has 0 rings (SSSR count). The number of carbonyl (C=O) groups excluding carboxylic acids is 2. The van der Waals surface area contributed by atoms with Crippen LogP contribution in [0.15, 0.2) is 48.6 Å². The molecular formula is C38H66O6. The molecule has 0 saturated carbocycles. The summed E-state index contributed by atoms with van der Waals surface area (Å²) in [5.41, 5.74) is 0. The van der Waals surface area contributed by atoms with Crippen molar-refractivity contribution < 1.29 is 29.3 Å². The molecule has 6 nitrogen and oxygen atoms in total. The van der Waals surface area contributed by atoms with E-state index in [1.54, 1.807) is 0 Å². The predicted octanol–water partition coefficient (Wildman–Crippen LogP) is 9.64. The number of aliphatic hydroxyl groups excluding tert-OH is 2. The van der Waals surface area contributed by atoms with Crippen molar-refractivity contribution in [3.05, 3.63) is 48.6 Å². The van der Waals surface area contributed by atoms with Crippen molar-refractivity contribution in [1.82, 2.24) is 0 Å². The summed E-state index contributed by atoms with van der Waals surface area (Å²) in [7, 11) is 0.